The summed E-state index contributed by atoms with van der Waals surface area (Å²) in [6.07, 6.45) is 3.45. The summed E-state index contributed by atoms with van der Waals surface area (Å²) in [5.41, 5.74) is 3.10. The number of hydrogen-bond donors (Lipinski definition) is 4. The van der Waals surface area contributed by atoms with E-state index in [0.717, 1.165) is 16.5 Å². The lowest BCUT2D eigenvalue weighted by molar-refractivity contribution is 0.262. The number of carbonyl (C=O) groups excluding carboxylic acids is 1. The molecule has 0 aliphatic carbocycles. The standard InChI is InChI=1S/C33H33N7O4/c1-33(2,3)28-18-29(40(39-28)21-10-9-20(19-41)27(17-21)43-4)38-32(42)37-24-11-12-25(23-8-6-5-7-22(23)24)44-26-13-14-35-31-30(26)34-15-16-36-31/h5-15,17-18,41H,16,19H2,1-4H3,(H,35,36)(H2,37,38,42). The minimum absolute atomic E-state index is 0.156. The number of urea groups is 1. The number of nitrogens with one attached hydrogen (secondary N) is 3. The van der Waals surface area contributed by atoms with Gasteiger partial charge in [-0.2, -0.15) is 5.10 Å². The largest absolute Gasteiger partial charge is 0.496 e. The fourth-order valence-corrected chi connectivity index (χ4v) is 4.94. The number of pyridine rings is 1. The molecule has 0 saturated carbocycles. The molecule has 0 unspecified atom stereocenters. The van der Waals surface area contributed by atoms with E-state index in [1.54, 1.807) is 42.4 Å². The number of amides is 2. The number of methoxy groups -OCH3 is 1. The molecule has 3 aromatic carbocycles. The molecule has 6 rings (SSSR count). The van der Waals surface area contributed by atoms with Crippen LogP contribution in [0.1, 0.15) is 32.0 Å². The zero-order chi connectivity index (χ0) is 30.8. The van der Waals surface area contributed by atoms with Crippen LogP contribution in [0, 0.1) is 0 Å². The van der Waals surface area contributed by atoms with Crippen LogP contribution in [0.25, 0.3) is 16.5 Å². The van der Waals surface area contributed by atoms with Crippen LogP contribution in [-0.2, 0) is 12.0 Å². The Balaban J connectivity index is 1.29. The monoisotopic (exact) mass is 591 g/mol. The second kappa shape index (κ2) is 11.7. The number of aliphatic hydroxyl groups is 1. The summed E-state index contributed by atoms with van der Waals surface area (Å²) in [7, 11) is 1.55. The molecule has 0 fully saturated rings. The van der Waals surface area contributed by atoms with Crippen LogP contribution in [0.2, 0.25) is 0 Å². The number of carbonyl (C=O) groups is 1. The third-order valence-electron chi connectivity index (χ3n) is 7.23. The highest BCUT2D eigenvalue weighted by Gasteiger charge is 2.23. The average Bonchev–Trinajstić information content (AvgIpc) is 3.46. The first-order valence-electron chi connectivity index (χ1n) is 14.2. The number of aromatic nitrogens is 3. The molecule has 2 amide bonds. The van der Waals surface area contributed by atoms with Gasteiger partial charge in [0.05, 0.1) is 37.3 Å². The third kappa shape index (κ3) is 5.64. The van der Waals surface area contributed by atoms with Crippen LogP contribution in [0.5, 0.6) is 17.2 Å². The molecular formula is C33H33N7O4. The lowest BCUT2D eigenvalue weighted by Gasteiger charge is -2.17. The van der Waals surface area contributed by atoms with E-state index < -0.39 is 6.03 Å². The number of aliphatic hydroxyl groups excluding tert-OH is 1. The van der Waals surface area contributed by atoms with Gasteiger partial charge in [-0.15, -0.1) is 0 Å². The number of aliphatic imine (C=N–C) groups is 1. The molecule has 0 saturated heterocycles. The molecule has 1 aliphatic rings. The zero-order valence-corrected chi connectivity index (χ0v) is 24.9. The number of hydrogen-bond acceptors (Lipinski definition) is 8. The third-order valence-corrected chi connectivity index (χ3v) is 7.23. The second-order valence-electron chi connectivity index (χ2n) is 11.3. The Hall–Kier alpha value is -5.42. The van der Waals surface area contributed by atoms with Crippen LogP contribution >= 0.6 is 0 Å². The molecule has 0 atom stereocenters. The van der Waals surface area contributed by atoms with Crippen LogP contribution in [0.15, 0.2) is 77.9 Å². The highest BCUT2D eigenvalue weighted by atomic mass is 16.5. The molecule has 11 heteroatoms. The van der Waals surface area contributed by atoms with Crippen molar-refractivity contribution in [3.63, 3.8) is 0 Å². The van der Waals surface area contributed by atoms with Crippen molar-refractivity contribution >= 4 is 46.0 Å². The topological polar surface area (TPSA) is 135 Å². The molecule has 0 radical (unpaired) electrons. The predicted molar refractivity (Wildman–Crippen MR) is 172 cm³/mol. The smallest absolute Gasteiger partial charge is 0.324 e. The number of ether oxygens (including phenoxy) is 2. The Bertz CT molecular complexity index is 1890. The minimum atomic E-state index is -0.437. The molecule has 11 nitrogen and oxygen atoms in total. The molecule has 3 heterocycles. The quantitative estimate of drug-likeness (QED) is 0.164. The zero-order valence-electron chi connectivity index (χ0n) is 24.9. The van der Waals surface area contributed by atoms with Crippen molar-refractivity contribution < 1.29 is 19.4 Å². The number of anilines is 3. The van der Waals surface area contributed by atoms with Crippen molar-refractivity contribution in [3.05, 3.63) is 84.2 Å². The normalized spacial score (nSPS) is 12.4. The molecule has 2 aromatic heterocycles. The van der Waals surface area contributed by atoms with Crippen LogP contribution < -0.4 is 25.4 Å². The number of nitrogens with zero attached hydrogens (tertiary/aromatic N) is 4. The maximum atomic E-state index is 13.4. The van der Waals surface area contributed by atoms with Gasteiger partial charge in [0.25, 0.3) is 0 Å². The number of rotatable bonds is 7. The van der Waals surface area contributed by atoms with E-state index in [9.17, 15) is 9.90 Å². The van der Waals surface area contributed by atoms with Gasteiger partial charge >= 0.3 is 6.03 Å². The van der Waals surface area contributed by atoms with Gasteiger partial charge in [0, 0.05) is 52.4 Å². The van der Waals surface area contributed by atoms with Crippen molar-refractivity contribution in [3.8, 4) is 22.9 Å². The SMILES string of the molecule is COc1cc(-n2nc(C(C)(C)C)cc2NC(=O)Nc2ccc(Oc3ccnc4c3N=CCN4)c3ccccc23)ccc1CO. The summed E-state index contributed by atoms with van der Waals surface area (Å²) < 4.78 is 13.4. The Morgan fingerprint density at radius 3 is 2.59 bits per heavy atom. The van der Waals surface area contributed by atoms with Crippen molar-refractivity contribution in [2.24, 2.45) is 4.99 Å². The highest BCUT2D eigenvalue weighted by molar-refractivity contribution is 6.07. The fourth-order valence-electron chi connectivity index (χ4n) is 4.94. The van der Waals surface area contributed by atoms with Gasteiger partial charge in [0.15, 0.2) is 11.6 Å². The second-order valence-corrected chi connectivity index (χ2v) is 11.3. The Labute approximate surface area is 254 Å². The van der Waals surface area contributed by atoms with Gasteiger partial charge in [-0.05, 0) is 18.2 Å². The van der Waals surface area contributed by atoms with Gasteiger partial charge in [0.1, 0.15) is 23.0 Å². The van der Waals surface area contributed by atoms with Crippen LogP contribution in [0.3, 0.4) is 0 Å². The average molecular weight is 592 g/mol. The predicted octanol–water partition coefficient (Wildman–Crippen LogP) is 6.78. The van der Waals surface area contributed by atoms with Crippen LogP contribution in [-0.4, -0.2) is 45.8 Å². The Morgan fingerprint density at radius 2 is 1.82 bits per heavy atom. The lowest BCUT2D eigenvalue weighted by atomic mass is 9.92. The minimum Gasteiger partial charge on any atom is -0.496 e. The molecule has 224 valence electrons. The van der Waals surface area contributed by atoms with Gasteiger partial charge in [-0.3, -0.25) is 10.3 Å². The summed E-state index contributed by atoms with van der Waals surface area (Å²) >= 11 is 0. The van der Waals surface area contributed by atoms with E-state index in [2.05, 4.69) is 46.7 Å². The molecule has 1 aliphatic heterocycles. The van der Waals surface area contributed by atoms with E-state index in [1.807, 2.05) is 48.5 Å². The summed E-state index contributed by atoms with van der Waals surface area (Å²) in [4.78, 5) is 22.3. The van der Waals surface area contributed by atoms with Gasteiger partial charge in [-0.1, -0.05) is 51.1 Å². The summed E-state index contributed by atoms with van der Waals surface area (Å²) in [5, 5.41) is 25.2. The lowest BCUT2D eigenvalue weighted by Crippen LogP contribution is -2.21. The van der Waals surface area contributed by atoms with Gasteiger partial charge in [-0.25, -0.2) is 14.5 Å². The van der Waals surface area contributed by atoms with Crippen molar-refractivity contribution in [1.29, 1.82) is 0 Å². The van der Waals surface area contributed by atoms with E-state index in [1.165, 1.54) is 0 Å². The van der Waals surface area contributed by atoms with Crippen molar-refractivity contribution in [2.75, 3.05) is 29.6 Å². The van der Waals surface area contributed by atoms with Crippen molar-refractivity contribution in [1.82, 2.24) is 14.8 Å². The van der Waals surface area contributed by atoms with Crippen LogP contribution in [0.4, 0.5) is 27.8 Å². The fraction of sp³-hybridized carbons (Fsp3) is 0.212. The first-order valence-corrected chi connectivity index (χ1v) is 14.2. The molecular weight excluding hydrogens is 558 g/mol. The van der Waals surface area contributed by atoms with E-state index in [-0.39, 0.29) is 12.0 Å². The maximum absolute atomic E-state index is 13.4. The molecule has 4 N–H and O–H groups in total. The molecule has 5 aromatic rings. The Kier molecular flexibility index (Phi) is 7.62. The number of fused-ring (bicyclic) bond motifs is 2. The van der Waals surface area contributed by atoms with E-state index in [4.69, 9.17) is 14.6 Å². The van der Waals surface area contributed by atoms with E-state index in [0.29, 0.717) is 58.1 Å². The van der Waals surface area contributed by atoms with Gasteiger partial charge in [0.2, 0.25) is 0 Å². The van der Waals surface area contributed by atoms with Gasteiger partial charge < -0.3 is 25.2 Å². The summed E-state index contributed by atoms with van der Waals surface area (Å²) in [6.45, 7) is 6.62. The van der Waals surface area contributed by atoms with E-state index >= 15 is 0 Å². The first kappa shape index (κ1) is 28.7. The maximum Gasteiger partial charge on any atom is 0.324 e. The molecule has 0 spiro atoms. The number of benzene rings is 3. The first-order chi connectivity index (χ1) is 21.2. The Morgan fingerprint density at radius 1 is 1.00 bits per heavy atom. The highest BCUT2D eigenvalue weighted by Crippen LogP contribution is 2.41. The molecule has 44 heavy (non-hydrogen) atoms. The van der Waals surface area contributed by atoms with Crippen molar-refractivity contribution in [2.45, 2.75) is 32.8 Å². The molecule has 0 bridgehead atoms. The summed E-state index contributed by atoms with van der Waals surface area (Å²) in [6, 6.07) is 19.9. The summed E-state index contributed by atoms with van der Waals surface area (Å²) in [5.74, 6) is 2.87.